The first kappa shape index (κ1) is 10.0. The molecule has 72 valence electrons. The monoisotopic (exact) mass is 180 g/mol. The summed E-state index contributed by atoms with van der Waals surface area (Å²) >= 11 is 0. The van der Waals surface area contributed by atoms with Crippen LogP contribution in [-0.4, -0.2) is 11.2 Å². The van der Waals surface area contributed by atoms with E-state index in [0.29, 0.717) is 5.69 Å². The summed E-state index contributed by atoms with van der Waals surface area (Å²) in [6.45, 7) is 3.62. The van der Waals surface area contributed by atoms with E-state index in [1.807, 2.05) is 25.1 Å². The van der Waals surface area contributed by atoms with E-state index in [9.17, 15) is 5.11 Å². The molecule has 0 saturated heterocycles. The quantitative estimate of drug-likeness (QED) is 0.593. The molecule has 1 rings (SSSR count). The minimum Gasteiger partial charge on any atom is -0.398 e. The smallest absolute Gasteiger partial charge is 0.0705 e. The number of aliphatic hydroxyl groups is 1. The van der Waals surface area contributed by atoms with Crippen molar-refractivity contribution < 1.29 is 5.11 Å². The van der Waals surface area contributed by atoms with E-state index in [1.165, 1.54) is 0 Å². The van der Waals surface area contributed by atoms with Crippen LogP contribution in [0.1, 0.15) is 24.1 Å². The molecule has 0 bridgehead atoms. The molecule has 0 aliphatic carbocycles. The lowest BCUT2D eigenvalue weighted by molar-refractivity contribution is 0.164. The highest BCUT2D eigenvalue weighted by atomic mass is 16.3. The Kier molecular flexibility index (Phi) is 2.90. The van der Waals surface area contributed by atoms with Gasteiger partial charge in [-0.3, -0.25) is 0 Å². The predicted octanol–water partition coefficient (Wildman–Crippen LogP) is 0.958. The second-order valence-corrected chi connectivity index (χ2v) is 3.40. The molecule has 2 atom stereocenters. The minimum atomic E-state index is -0.579. The maximum Gasteiger partial charge on any atom is 0.0705 e. The molecule has 13 heavy (non-hydrogen) atoms. The van der Waals surface area contributed by atoms with Gasteiger partial charge in [0.15, 0.2) is 0 Å². The van der Waals surface area contributed by atoms with Crippen LogP contribution in [0.5, 0.6) is 0 Å². The molecule has 0 amide bonds. The van der Waals surface area contributed by atoms with Crippen LogP contribution in [0, 0.1) is 6.92 Å². The van der Waals surface area contributed by atoms with E-state index in [4.69, 9.17) is 11.5 Å². The summed E-state index contributed by atoms with van der Waals surface area (Å²) in [6, 6.07) is 5.26. The van der Waals surface area contributed by atoms with Crippen LogP contribution in [0.3, 0.4) is 0 Å². The first-order valence-corrected chi connectivity index (χ1v) is 4.32. The van der Waals surface area contributed by atoms with Gasteiger partial charge in [-0.1, -0.05) is 12.1 Å². The van der Waals surface area contributed by atoms with E-state index >= 15 is 0 Å². The third kappa shape index (κ3) is 2.20. The summed E-state index contributed by atoms with van der Waals surface area (Å²) in [5, 5.41) is 9.29. The van der Waals surface area contributed by atoms with Crippen molar-refractivity contribution in [3.8, 4) is 0 Å². The fourth-order valence-corrected chi connectivity index (χ4v) is 1.26. The maximum absolute atomic E-state index is 9.29. The van der Waals surface area contributed by atoms with Crippen LogP contribution < -0.4 is 11.5 Å². The molecule has 1 aromatic rings. The van der Waals surface area contributed by atoms with Crippen LogP contribution in [0.15, 0.2) is 18.2 Å². The largest absolute Gasteiger partial charge is 0.398 e. The molecule has 0 fully saturated rings. The van der Waals surface area contributed by atoms with Gasteiger partial charge in [0.1, 0.15) is 0 Å². The zero-order valence-electron chi connectivity index (χ0n) is 7.99. The SMILES string of the molecule is Cc1ccc([C@H](N)[C@H](C)O)c(N)c1. The molecule has 0 aliphatic rings. The van der Waals surface area contributed by atoms with E-state index < -0.39 is 12.1 Å². The number of nitrogen functional groups attached to an aromatic ring is 1. The highest BCUT2D eigenvalue weighted by Crippen LogP contribution is 2.21. The Labute approximate surface area is 78.4 Å². The van der Waals surface area contributed by atoms with E-state index in [0.717, 1.165) is 11.1 Å². The van der Waals surface area contributed by atoms with Crippen LogP contribution in [0.2, 0.25) is 0 Å². The highest BCUT2D eigenvalue weighted by Gasteiger charge is 2.14. The standard InChI is InChI=1S/C10H16N2O/c1-6-3-4-8(9(11)5-6)10(12)7(2)13/h3-5,7,10,13H,11-12H2,1-2H3/t7-,10+/m0/s1. The average molecular weight is 180 g/mol. The molecule has 0 saturated carbocycles. The van der Waals surface area contributed by atoms with Gasteiger partial charge in [-0.2, -0.15) is 0 Å². The number of aryl methyl sites for hydroxylation is 1. The second kappa shape index (κ2) is 3.77. The van der Waals surface area contributed by atoms with Gasteiger partial charge in [0, 0.05) is 5.69 Å². The van der Waals surface area contributed by atoms with Crippen molar-refractivity contribution in [3.63, 3.8) is 0 Å². The van der Waals surface area contributed by atoms with Gasteiger partial charge in [0.2, 0.25) is 0 Å². The minimum absolute atomic E-state index is 0.402. The third-order valence-electron chi connectivity index (χ3n) is 2.12. The molecular weight excluding hydrogens is 164 g/mol. The molecule has 0 aromatic heterocycles. The van der Waals surface area contributed by atoms with Gasteiger partial charge in [-0.25, -0.2) is 0 Å². The zero-order valence-corrected chi connectivity index (χ0v) is 7.99. The Hall–Kier alpha value is -1.06. The van der Waals surface area contributed by atoms with Crippen molar-refractivity contribution in [1.82, 2.24) is 0 Å². The van der Waals surface area contributed by atoms with Crippen LogP contribution >= 0.6 is 0 Å². The first-order valence-electron chi connectivity index (χ1n) is 4.32. The summed E-state index contributed by atoms with van der Waals surface area (Å²) in [5.41, 5.74) is 14.1. The van der Waals surface area contributed by atoms with Crippen molar-refractivity contribution >= 4 is 5.69 Å². The van der Waals surface area contributed by atoms with Gasteiger partial charge in [0.05, 0.1) is 12.1 Å². The Bertz CT molecular complexity index is 297. The van der Waals surface area contributed by atoms with Crippen molar-refractivity contribution in [1.29, 1.82) is 0 Å². The third-order valence-corrected chi connectivity index (χ3v) is 2.12. The molecule has 1 aromatic carbocycles. The zero-order chi connectivity index (χ0) is 10.0. The molecule has 0 unspecified atom stereocenters. The number of hydrogen-bond acceptors (Lipinski definition) is 3. The lowest BCUT2D eigenvalue weighted by Crippen LogP contribution is -2.24. The van der Waals surface area contributed by atoms with Crippen LogP contribution in [-0.2, 0) is 0 Å². The Morgan fingerprint density at radius 2 is 2.00 bits per heavy atom. The number of anilines is 1. The van der Waals surface area contributed by atoms with E-state index in [-0.39, 0.29) is 0 Å². The van der Waals surface area contributed by atoms with Gasteiger partial charge in [-0.15, -0.1) is 0 Å². The number of nitrogens with two attached hydrogens (primary N) is 2. The average Bonchev–Trinajstić information content (AvgIpc) is 2.03. The molecule has 3 nitrogen and oxygen atoms in total. The summed E-state index contributed by atoms with van der Waals surface area (Å²) in [7, 11) is 0. The molecule has 3 heteroatoms. The normalized spacial score (nSPS) is 15.4. The van der Waals surface area contributed by atoms with Gasteiger partial charge in [-0.05, 0) is 31.0 Å². The Morgan fingerprint density at radius 1 is 1.38 bits per heavy atom. The van der Waals surface area contributed by atoms with Crippen LogP contribution in [0.4, 0.5) is 5.69 Å². The molecule has 5 N–H and O–H groups in total. The van der Waals surface area contributed by atoms with Gasteiger partial charge >= 0.3 is 0 Å². The Morgan fingerprint density at radius 3 is 2.46 bits per heavy atom. The molecule has 0 heterocycles. The van der Waals surface area contributed by atoms with Crippen molar-refractivity contribution in [2.45, 2.75) is 26.0 Å². The highest BCUT2D eigenvalue weighted by molar-refractivity contribution is 5.50. The fraction of sp³-hybridized carbons (Fsp3) is 0.400. The lowest BCUT2D eigenvalue weighted by Gasteiger charge is -2.17. The van der Waals surface area contributed by atoms with Crippen molar-refractivity contribution in [2.75, 3.05) is 5.73 Å². The summed E-state index contributed by atoms with van der Waals surface area (Å²) < 4.78 is 0. The predicted molar refractivity (Wildman–Crippen MR) is 54.2 cm³/mol. The first-order chi connectivity index (χ1) is 6.02. The van der Waals surface area contributed by atoms with E-state index in [1.54, 1.807) is 6.92 Å². The van der Waals surface area contributed by atoms with Gasteiger partial charge < -0.3 is 16.6 Å². The fourth-order valence-electron chi connectivity index (χ4n) is 1.26. The van der Waals surface area contributed by atoms with Crippen molar-refractivity contribution in [2.24, 2.45) is 5.73 Å². The number of rotatable bonds is 2. The lowest BCUT2D eigenvalue weighted by atomic mass is 10.00. The molecule has 0 radical (unpaired) electrons. The summed E-state index contributed by atoms with van der Waals surface area (Å²) in [4.78, 5) is 0. The topological polar surface area (TPSA) is 72.3 Å². The molecule has 0 spiro atoms. The van der Waals surface area contributed by atoms with Gasteiger partial charge in [0.25, 0.3) is 0 Å². The number of hydrogen-bond donors (Lipinski definition) is 3. The maximum atomic E-state index is 9.29. The second-order valence-electron chi connectivity index (χ2n) is 3.40. The van der Waals surface area contributed by atoms with Crippen LogP contribution in [0.25, 0.3) is 0 Å². The summed E-state index contributed by atoms with van der Waals surface area (Å²) in [5.74, 6) is 0. The number of benzene rings is 1. The van der Waals surface area contributed by atoms with E-state index in [2.05, 4.69) is 0 Å². The van der Waals surface area contributed by atoms with Crippen molar-refractivity contribution in [3.05, 3.63) is 29.3 Å². The molecule has 0 aliphatic heterocycles. The number of aliphatic hydroxyl groups excluding tert-OH is 1. The Balaban J connectivity index is 3.01. The summed E-state index contributed by atoms with van der Waals surface area (Å²) in [6.07, 6.45) is -0.579. The molecular formula is C10H16N2O.